The molecule has 0 spiro atoms. The van der Waals surface area contributed by atoms with E-state index in [9.17, 15) is 13.5 Å². The van der Waals surface area contributed by atoms with Crippen molar-refractivity contribution < 1.29 is 13.5 Å². The number of hydrogen-bond acceptors (Lipinski definition) is 3. The van der Waals surface area contributed by atoms with Crippen molar-refractivity contribution in [3.05, 3.63) is 35.9 Å². The van der Waals surface area contributed by atoms with Crippen LogP contribution in [0.3, 0.4) is 0 Å². The zero-order valence-electron chi connectivity index (χ0n) is 11.2. The van der Waals surface area contributed by atoms with E-state index < -0.39 is 10.0 Å². The summed E-state index contributed by atoms with van der Waals surface area (Å²) in [6.45, 7) is 2.32. The Labute approximate surface area is 114 Å². The highest BCUT2D eigenvalue weighted by Crippen LogP contribution is 2.44. The average molecular weight is 283 g/mol. The Kier molecular flexibility index (Phi) is 4.28. The van der Waals surface area contributed by atoms with Gasteiger partial charge in [-0.1, -0.05) is 37.3 Å². The molecule has 0 bridgehead atoms. The summed E-state index contributed by atoms with van der Waals surface area (Å²) in [4.78, 5) is 0. The highest BCUT2D eigenvalue weighted by molar-refractivity contribution is 7.89. The Morgan fingerprint density at radius 2 is 1.95 bits per heavy atom. The standard InChI is InChI=1S/C14H21NO3S/c1-12(13-5-3-2-4-6-13)9-19(17,18)15-10-14(11-16)7-8-14/h2-6,12,15-16H,7-11H2,1H3. The molecule has 2 rings (SSSR count). The first-order valence-electron chi connectivity index (χ1n) is 6.60. The number of aliphatic hydroxyl groups is 1. The third-order valence-corrected chi connectivity index (χ3v) is 5.32. The Balaban J connectivity index is 1.90. The van der Waals surface area contributed by atoms with Gasteiger partial charge in [0.25, 0.3) is 0 Å². The van der Waals surface area contributed by atoms with E-state index >= 15 is 0 Å². The quantitative estimate of drug-likeness (QED) is 0.796. The van der Waals surface area contributed by atoms with Gasteiger partial charge < -0.3 is 5.11 Å². The van der Waals surface area contributed by atoms with E-state index in [1.807, 2.05) is 37.3 Å². The predicted molar refractivity (Wildman–Crippen MR) is 75.4 cm³/mol. The second kappa shape index (κ2) is 5.61. The van der Waals surface area contributed by atoms with Crippen LogP contribution in [0.2, 0.25) is 0 Å². The summed E-state index contributed by atoms with van der Waals surface area (Å²) >= 11 is 0. The Morgan fingerprint density at radius 3 is 2.47 bits per heavy atom. The molecule has 4 nitrogen and oxygen atoms in total. The largest absolute Gasteiger partial charge is 0.396 e. The van der Waals surface area contributed by atoms with Gasteiger partial charge in [0.05, 0.1) is 5.75 Å². The number of rotatable bonds is 7. The Bertz CT molecular complexity index is 509. The molecule has 19 heavy (non-hydrogen) atoms. The minimum Gasteiger partial charge on any atom is -0.396 e. The molecular formula is C14H21NO3S. The summed E-state index contributed by atoms with van der Waals surface area (Å²) in [5.41, 5.74) is 0.833. The monoisotopic (exact) mass is 283 g/mol. The summed E-state index contributed by atoms with van der Waals surface area (Å²) < 4.78 is 26.6. The van der Waals surface area contributed by atoms with Crippen molar-refractivity contribution in [2.75, 3.05) is 18.9 Å². The van der Waals surface area contributed by atoms with Crippen molar-refractivity contribution in [2.45, 2.75) is 25.7 Å². The second-order valence-electron chi connectivity index (χ2n) is 5.57. The van der Waals surface area contributed by atoms with E-state index in [0.717, 1.165) is 18.4 Å². The third-order valence-electron chi connectivity index (χ3n) is 3.80. The van der Waals surface area contributed by atoms with Crippen LogP contribution in [-0.2, 0) is 10.0 Å². The molecule has 1 aromatic carbocycles. The van der Waals surface area contributed by atoms with E-state index in [0.29, 0.717) is 6.54 Å². The van der Waals surface area contributed by atoms with Crippen LogP contribution in [0.1, 0.15) is 31.2 Å². The van der Waals surface area contributed by atoms with Crippen LogP contribution < -0.4 is 4.72 Å². The lowest BCUT2D eigenvalue weighted by Gasteiger charge is -2.16. The first kappa shape index (κ1) is 14.5. The SMILES string of the molecule is CC(CS(=O)(=O)NCC1(CO)CC1)c1ccccc1. The lowest BCUT2D eigenvalue weighted by atomic mass is 10.0. The van der Waals surface area contributed by atoms with Crippen LogP contribution in [0.4, 0.5) is 0 Å². The first-order chi connectivity index (χ1) is 8.96. The summed E-state index contributed by atoms with van der Waals surface area (Å²) in [7, 11) is -3.29. The van der Waals surface area contributed by atoms with Crippen LogP contribution in [0.25, 0.3) is 0 Å². The Hall–Kier alpha value is -0.910. The third kappa shape index (κ3) is 4.03. The lowest BCUT2D eigenvalue weighted by molar-refractivity contribution is 0.213. The van der Waals surface area contributed by atoms with Crippen molar-refractivity contribution in [1.82, 2.24) is 4.72 Å². The van der Waals surface area contributed by atoms with Gasteiger partial charge in [-0.25, -0.2) is 13.1 Å². The molecule has 1 aromatic rings. The number of aliphatic hydroxyl groups excluding tert-OH is 1. The fourth-order valence-corrected chi connectivity index (χ4v) is 3.59. The maximum Gasteiger partial charge on any atom is 0.212 e. The van der Waals surface area contributed by atoms with Crippen molar-refractivity contribution >= 4 is 10.0 Å². The number of nitrogens with one attached hydrogen (secondary N) is 1. The molecule has 0 saturated heterocycles. The van der Waals surface area contributed by atoms with Gasteiger partial charge in [-0.2, -0.15) is 0 Å². The van der Waals surface area contributed by atoms with E-state index in [2.05, 4.69) is 4.72 Å². The second-order valence-corrected chi connectivity index (χ2v) is 7.42. The van der Waals surface area contributed by atoms with Gasteiger partial charge in [-0.05, 0) is 24.3 Å². The molecule has 1 unspecified atom stereocenters. The fourth-order valence-electron chi connectivity index (χ4n) is 2.10. The molecular weight excluding hydrogens is 262 g/mol. The molecule has 106 valence electrons. The predicted octanol–water partition coefficient (Wildman–Crippen LogP) is 1.48. The van der Waals surface area contributed by atoms with Crippen LogP contribution in [0.15, 0.2) is 30.3 Å². The number of sulfonamides is 1. The summed E-state index contributed by atoms with van der Waals surface area (Å²) in [6.07, 6.45) is 1.81. The van der Waals surface area contributed by atoms with Crippen molar-refractivity contribution in [1.29, 1.82) is 0 Å². The first-order valence-corrected chi connectivity index (χ1v) is 8.25. The maximum atomic E-state index is 12.0. The maximum absolute atomic E-state index is 12.0. The van der Waals surface area contributed by atoms with Crippen molar-refractivity contribution in [3.8, 4) is 0 Å². The molecule has 1 saturated carbocycles. The molecule has 0 aromatic heterocycles. The zero-order chi connectivity index (χ0) is 13.9. The van der Waals surface area contributed by atoms with E-state index in [1.165, 1.54) is 0 Å². The van der Waals surface area contributed by atoms with E-state index in [4.69, 9.17) is 0 Å². The smallest absolute Gasteiger partial charge is 0.212 e. The lowest BCUT2D eigenvalue weighted by Crippen LogP contribution is -2.34. The van der Waals surface area contributed by atoms with Crippen LogP contribution in [0, 0.1) is 5.41 Å². The Morgan fingerprint density at radius 1 is 1.32 bits per heavy atom. The van der Waals surface area contributed by atoms with Crippen molar-refractivity contribution in [3.63, 3.8) is 0 Å². The molecule has 0 aliphatic heterocycles. The van der Waals surface area contributed by atoms with E-state index in [-0.39, 0.29) is 23.7 Å². The van der Waals surface area contributed by atoms with Gasteiger partial charge >= 0.3 is 0 Å². The zero-order valence-corrected chi connectivity index (χ0v) is 12.0. The van der Waals surface area contributed by atoms with Gasteiger partial charge in [0.15, 0.2) is 0 Å². The van der Waals surface area contributed by atoms with Gasteiger partial charge in [-0.3, -0.25) is 0 Å². The molecule has 1 aliphatic rings. The fraction of sp³-hybridized carbons (Fsp3) is 0.571. The summed E-state index contributed by atoms with van der Waals surface area (Å²) in [5.74, 6) is 0.0430. The molecule has 2 N–H and O–H groups in total. The molecule has 1 fully saturated rings. The molecule has 5 heteroatoms. The van der Waals surface area contributed by atoms with Gasteiger partial charge in [0.2, 0.25) is 10.0 Å². The van der Waals surface area contributed by atoms with Gasteiger partial charge in [-0.15, -0.1) is 0 Å². The normalized spacial score (nSPS) is 19.1. The number of benzene rings is 1. The average Bonchev–Trinajstić information content (AvgIpc) is 3.18. The molecule has 0 amide bonds. The van der Waals surface area contributed by atoms with Crippen molar-refractivity contribution in [2.24, 2.45) is 5.41 Å². The topological polar surface area (TPSA) is 66.4 Å². The van der Waals surface area contributed by atoms with Gasteiger partial charge in [0.1, 0.15) is 0 Å². The highest BCUT2D eigenvalue weighted by Gasteiger charge is 2.42. The van der Waals surface area contributed by atoms with Crippen LogP contribution >= 0.6 is 0 Å². The molecule has 1 aliphatic carbocycles. The minimum absolute atomic E-state index is 0.0389. The number of hydrogen-bond donors (Lipinski definition) is 2. The van der Waals surface area contributed by atoms with E-state index in [1.54, 1.807) is 0 Å². The minimum atomic E-state index is -3.29. The van der Waals surface area contributed by atoms with Crippen LogP contribution in [0.5, 0.6) is 0 Å². The van der Waals surface area contributed by atoms with Gasteiger partial charge in [0, 0.05) is 18.6 Å². The summed E-state index contributed by atoms with van der Waals surface area (Å²) in [6, 6.07) is 9.63. The molecule has 0 heterocycles. The van der Waals surface area contributed by atoms with Crippen LogP contribution in [-0.4, -0.2) is 32.4 Å². The molecule has 1 atom stereocenters. The summed E-state index contributed by atoms with van der Waals surface area (Å²) in [5, 5.41) is 9.18. The molecule has 0 radical (unpaired) electrons. The highest BCUT2D eigenvalue weighted by atomic mass is 32.2.